The summed E-state index contributed by atoms with van der Waals surface area (Å²) in [6.45, 7) is 5.03. The van der Waals surface area contributed by atoms with Crippen LogP contribution in [0, 0.1) is 28.6 Å². The Labute approximate surface area is 234 Å². The molecule has 1 aromatic heterocycles. The van der Waals surface area contributed by atoms with Gasteiger partial charge in [-0.2, -0.15) is 0 Å². The molecular formula is C34H47NO4. The molecule has 2 saturated carbocycles. The maximum Gasteiger partial charge on any atom is 0.306 e. The van der Waals surface area contributed by atoms with Crippen molar-refractivity contribution < 1.29 is 19.1 Å². The number of esters is 2. The molecule has 5 nitrogen and oxygen atoms in total. The summed E-state index contributed by atoms with van der Waals surface area (Å²) in [5, 5.41) is 0. The Bertz CT molecular complexity index is 1090. The summed E-state index contributed by atoms with van der Waals surface area (Å²) >= 11 is 0. The first-order valence-electron chi connectivity index (χ1n) is 15.4. The molecule has 0 N–H and O–H groups in total. The van der Waals surface area contributed by atoms with E-state index in [2.05, 4.69) is 47.9 Å². The van der Waals surface area contributed by atoms with Gasteiger partial charge in [-0.15, -0.1) is 0 Å². The van der Waals surface area contributed by atoms with Crippen molar-refractivity contribution in [2.75, 3.05) is 7.11 Å². The molecular weight excluding hydrogens is 486 g/mol. The molecule has 1 aromatic rings. The summed E-state index contributed by atoms with van der Waals surface area (Å²) in [6, 6.07) is 4.30. The van der Waals surface area contributed by atoms with E-state index in [4.69, 9.17) is 4.74 Å². The van der Waals surface area contributed by atoms with Gasteiger partial charge in [0.25, 0.3) is 0 Å². The lowest BCUT2D eigenvalue weighted by Crippen LogP contribution is -2.50. The van der Waals surface area contributed by atoms with Crippen molar-refractivity contribution in [3.8, 4) is 0 Å². The molecule has 212 valence electrons. The molecule has 0 aromatic carbocycles. The smallest absolute Gasteiger partial charge is 0.306 e. The minimum absolute atomic E-state index is 0.0348. The summed E-state index contributed by atoms with van der Waals surface area (Å²) in [7, 11) is 1.43. The first-order chi connectivity index (χ1) is 18.8. The number of ether oxygens (including phenoxy) is 2. The van der Waals surface area contributed by atoms with Gasteiger partial charge in [0, 0.05) is 31.7 Å². The summed E-state index contributed by atoms with van der Waals surface area (Å²) in [5.74, 6) is 1.99. The van der Waals surface area contributed by atoms with Crippen molar-refractivity contribution in [2.45, 2.75) is 110 Å². The Kier molecular flexibility index (Phi) is 8.63. The fourth-order valence-electron chi connectivity index (χ4n) is 8.68. The normalized spacial score (nSPS) is 33.2. The highest BCUT2D eigenvalue weighted by molar-refractivity contribution is 5.72. The van der Waals surface area contributed by atoms with Gasteiger partial charge in [0.05, 0.1) is 7.11 Å². The van der Waals surface area contributed by atoms with Crippen LogP contribution >= 0.6 is 0 Å². The van der Waals surface area contributed by atoms with E-state index in [1.54, 1.807) is 5.57 Å². The molecule has 0 bridgehead atoms. The van der Waals surface area contributed by atoms with Crippen LogP contribution in [-0.4, -0.2) is 30.1 Å². The summed E-state index contributed by atoms with van der Waals surface area (Å²) in [6.07, 6.45) is 22.7. The summed E-state index contributed by atoms with van der Waals surface area (Å²) in [4.78, 5) is 28.2. The second-order valence-electron chi connectivity index (χ2n) is 13.0. The zero-order chi connectivity index (χ0) is 27.5. The van der Waals surface area contributed by atoms with Crippen LogP contribution in [0.1, 0.15) is 109 Å². The van der Waals surface area contributed by atoms with Crippen LogP contribution in [-0.2, 0) is 19.1 Å². The molecule has 6 atom stereocenters. The van der Waals surface area contributed by atoms with E-state index in [0.29, 0.717) is 18.8 Å². The van der Waals surface area contributed by atoms with Crippen LogP contribution < -0.4 is 0 Å². The van der Waals surface area contributed by atoms with Gasteiger partial charge in [-0.3, -0.25) is 14.6 Å². The molecule has 0 spiro atoms. The van der Waals surface area contributed by atoms with Gasteiger partial charge in [-0.1, -0.05) is 56.9 Å². The second-order valence-corrected chi connectivity index (χ2v) is 13.0. The minimum Gasteiger partial charge on any atom is -0.469 e. The predicted molar refractivity (Wildman–Crippen MR) is 154 cm³/mol. The number of carbonyl (C=O) groups excluding carboxylic acids is 2. The highest BCUT2D eigenvalue weighted by Gasteiger charge is 2.57. The average molecular weight is 534 g/mol. The lowest BCUT2D eigenvalue weighted by molar-refractivity contribution is -0.151. The fourth-order valence-corrected chi connectivity index (χ4v) is 8.68. The maximum atomic E-state index is 12.6. The Balaban J connectivity index is 1.12. The number of methoxy groups -OCH3 is 1. The lowest BCUT2D eigenvalue weighted by Gasteiger charge is -2.57. The third kappa shape index (κ3) is 5.74. The molecule has 0 unspecified atom stereocenters. The third-order valence-electron chi connectivity index (χ3n) is 10.9. The number of aromatic nitrogens is 1. The van der Waals surface area contributed by atoms with Gasteiger partial charge in [0.15, 0.2) is 0 Å². The molecule has 0 amide bonds. The van der Waals surface area contributed by atoms with Crippen molar-refractivity contribution >= 4 is 17.5 Å². The number of pyridine rings is 1. The first kappa shape index (κ1) is 28.1. The van der Waals surface area contributed by atoms with E-state index in [-0.39, 0.29) is 28.9 Å². The van der Waals surface area contributed by atoms with Crippen LogP contribution in [0.15, 0.2) is 42.3 Å². The monoisotopic (exact) mass is 533 g/mol. The Morgan fingerprint density at radius 3 is 2.41 bits per heavy atom. The Morgan fingerprint density at radius 2 is 1.67 bits per heavy atom. The van der Waals surface area contributed by atoms with Gasteiger partial charge >= 0.3 is 11.9 Å². The molecule has 0 saturated heterocycles. The third-order valence-corrected chi connectivity index (χ3v) is 10.9. The number of allylic oxidation sites excluding steroid dienone is 3. The van der Waals surface area contributed by atoms with Gasteiger partial charge in [-0.25, -0.2) is 0 Å². The standard InChI is InChI=1S/C34H47NO4/c1-33-19-17-26(39-32(37)12-8-6-4-5-7-11-31(36)38-3)22-25(33)13-14-27-29-16-15-28(24-10-9-21-35-23-24)34(29,2)20-18-30(27)33/h9-10,13,15,21,23,26-27,29-30H,4-8,11-12,14,16-20,22H2,1-3H3/t26-,27+,29+,30+,33+,34-/m1/s1. The van der Waals surface area contributed by atoms with Crippen molar-refractivity contribution in [1.29, 1.82) is 0 Å². The number of hydrogen-bond acceptors (Lipinski definition) is 5. The maximum absolute atomic E-state index is 12.6. The van der Waals surface area contributed by atoms with Gasteiger partial charge < -0.3 is 9.47 Å². The molecule has 0 radical (unpaired) electrons. The zero-order valence-electron chi connectivity index (χ0n) is 24.3. The quantitative estimate of drug-likeness (QED) is 0.174. The van der Waals surface area contributed by atoms with Crippen molar-refractivity contribution in [2.24, 2.45) is 28.6 Å². The number of unbranched alkanes of at least 4 members (excludes halogenated alkanes) is 4. The molecule has 4 aliphatic carbocycles. The Morgan fingerprint density at radius 1 is 0.923 bits per heavy atom. The van der Waals surface area contributed by atoms with Crippen molar-refractivity contribution in [3.05, 3.63) is 47.8 Å². The van der Waals surface area contributed by atoms with Crippen LogP contribution in [0.25, 0.3) is 5.57 Å². The van der Waals surface area contributed by atoms with Crippen LogP contribution in [0.4, 0.5) is 0 Å². The van der Waals surface area contributed by atoms with Gasteiger partial charge in [-0.05, 0) is 97.2 Å². The largest absolute Gasteiger partial charge is 0.469 e. The molecule has 5 heteroatoms. The highest BCUT2D eigenvalue weighted by atomic mass is 16.5. The van der Waals surface area contributed by atoms with Crippen LogP contribution in [0.3, 0.4) is 0 Å². The van der Waals surface area contributed by atoms with E-state index in [0.717, 1.165) is 63.2 Å². The topological polar surface area (TPSA) is 65.5 Å². The predicted octanol–water partition coefficient (Wildman–Crippen LogP) is 7.85. The number of carbonyl (C=O) groups is 2. The molecule has 0 aliphatic heterocycles. The van der Waals surface area contributed by atoms with E-state index < -0.39 is 0 Å². The summed E-state index contributed by atoms with van der Waals surface area (Å²) < 4.78 is 10.7. The molecule has 5 rings (SSSR count). The van der Waals surface area contributed by atoms with Crippen LogP contribution in [0.2, 0.25) is 0 Å². The van der Waals surface area contributed by atoms with E-state index in [1.165, 1.54) is 43.9 Å². The first-order valence-corrected chi connectivity index (χ1v) is 15.4. The van der Waals surface area contributed by atoms with Crippen LogP contribution in [0.5, 0.6) is 0 Å². The molecule has 39 heavy (non-hydrogen) atoms. The zero-order valence-corrected chi connectivity index (χ0v) is 24.3. The van der Waals surface area contributed by atoms with Gasteiger partial charge in [0.1, 0.15) is 6.10 Å². The summed E-state index contributed by atoms with van der Waals surface area (Å²) in [5.41, 5.74) is 4.88. The number of nitrogens with zero attached hydrogens (tertiary/aromatic N) is 1. The number of hydrogen-bond donors (Lipinski definition) is 0. The highest BCUT2D eigenvalue weighted by Crippen LogP contribution is 2.66. The fraction of sp³-hybridized carbons (Fsp3) is 0.676. The number of rotatable bonds is 10. The minimum atomic E-state index is -0.141. The molecule has 4 aliphatic rings. The van der Waals surface area contributed by atoms with Crippen molar-refractivity contribution in [1.82, 2.24) is 4.98 Å². The van der Waals surface area contributed by atoms with E-state index >= 15 is 0 Å². The average Bonchev–Trinajstić information content (AvgIpc) is 3.30. The Hall–Kier alpha value is -2.43. The molecule has 1 heterocycles. The second kappa shape index (κ2) is 12.0. The lowest BCUT2D eigenvalue weighted by atomic mass is 9.47. The van der Waals surface area contributed by atoms with Crippen molar-refractivity contribution in [3.63, 3.8) is 0 Å². The number of fused-ring (bicyclic) bond motifs is 5. The van der Waals surface area contributed by atoms with E-state index in [9.17, 15) is 9.59 Å². The molecule has 2 fully saturated rings. The van der Waals surface area contributed by atoms with E-state index in [1.807, 2.05) is 12.4 Å². The SMILES string of the molecule is COC(=O)CCCCCCCC(=O)O[C@@H]1CC[C@@]2(C)C(=CC[C@@H]3[C@@H]2CC[C@]2(C)C(c4cccnc4)=CC[C@@H]32)C1. The van der Waals surface area contributed by atoms with Gasteiger partial charge in [0.2, 0.25) is 0 Å².